The Labute approximate surface area is 238 Å². The van der Waals surface area contributed by atoms with Gasteiger partial charge in [-0.15, -0.1) is 0 Å². The van der Waals surface area contributed by atoms with Crippen molar-refractivity contribution in [1.29, 1.82) is 0 Å². The summed E-state index contributed by atoms with van der Waals surface area (Å²) in [4.78, 5) is 37.7. The lowest BCUT2D eigenvalue weighted by atomic mass is 10.0. The van der Waals surface area contributed by atoms with Crippen molar-refractivity contribution >= 4 is 34.9 Å². The van der Waals surface area contributed by atoms with Crippen LogP contribution in [0, 0.1) is 0 Å². The average Bonchev–Trinajstić information content (AvgIpc) is 2.97. The van der Waals surface area contributed by atoms with Crippen molar-refractivity contribution in [3.05, 3.63) is 64.4 Å². The molecule has 1 fully saturated rings. The number of halogens is 4. The normalized spacial score (nSPS) is 15.4. The lowest BCUT2D eigenvalue weighted by molar-refractivity contribution is -0.138. The topological polar surface area (TPSA) is 109 Å². The van der Waals surface area contributed by atoms with Crippen molar-refractivity contribution in [2.45, 2.75) is 13.1 Å². The number of carbonyl (C=O) groups is 2. The van der Waals surface area contributed by atoms with Gasteiger partial charge in [-0.3, -0.25) is 9.59 Å². The molecule has 0 bridgehead atoms. The predicted octanol–water partition coefficient (Wildman–Crippen LogP) is 4.78. The van der Waals surface area contributed by atoms with Crippen LogP contribution in [0.5, 0.6) is 17.4 Å². The van der Waals surface area contributed by atoms with E-state index in [-0.39, 0.29) is 33.7 Å². The van der Waals surface area contributed by atoms with E-state index in [0.717, 1.165) is 18.7 Å². The molecule has 5 rings (SSSR count). The van der Waals surface area contributed by atoms with Gasteiger partial charge in [-0.2, -0.15) is 18.2 Å². The van der Waals surface area contributed by atoms with Crippen LogP contribution in [0.15, 0.2) is 42.7 Å². The molecule has 2 amide bonds. The van der Waals surface area contributed by atoms with Gasteiger partial charge in [-0.05, 0) is 42.9 Å². The van der Waals surface area contributed by atoms with E-state index in [1.807, 2.05) is 6.92 Å². The number of piperazine rings is 1. The third kappa shape index (κ3) is 6.30. The maximum Gasteiger partial charge on any atom is 0.417 e. The molecule has 1 saturated heterocycles. The van der Waals surface area contributed by atoms with Crippen molar-refractivity contribution in [2.24, 2.45) is 0 Å². The molecular weight excluding hydrogens is 565 g/mol. The third-order valence-electron chi connectivity index (χ3n) is 6.73. The Balaban J connectivity index is 1.35. The smallest absolute Gasteiger partial charge is 0.417 e. The van der Waals surface area contributed by atoms with Crippen LogP contribution in [0.1, 0.15) is 33.2 Å². The molecule has 2 aliphatic rings. The number of likely N-dealkylation sites (N-methyl/N-ethyl adjacent to an activating group) is 1. The van der Waals surface area contributed by atoms with Gasteiger partial charge in [0.05, 0.1) is 22.7 Å². The fourth-order valence-electron chi connectivity index (χ4n) is 4.52. The maximum atomic E-state index is 14.0. The summed E-state index contributed by atoms with van der Waals surface area (Å²) < 4.78 is 53.4. The van der Waals surface area contributed by atoms with Gasteiger partial charge in [0.25, 0.3) is 17.7 Å². The second-order valence-electron chi connectivity index (χ2n) is 9.32. The number of anilines is 2. The van der Waals surface area contributed by atoms with E-state index in [2.05, 4.69) is 25.5 Å². The van der Waals surface area contributed by atoms with Crippen LogP contribution in [0.4, 0.5) is 24.7 Å². The highest BCUT2D eigenvalue weighted by Gasteiger charge is 2.37. The summed E-state index contributed by atoms with van der Waals surface area (Å²) in [6.07, 6.45) is -3.54. The van der Waals surface area contributed by atoms with Crippen LogP contribution in [0.3, 0.4) is 0 Å². The lowest BCUT2D eigenvalue weighted by Gasteiger charge is -2.34. The van der Waals surface area contributed by atoms with Gasteiger partial charge in [-0.25, -0.2) is 4.98 Å². The van der Waals surface area contributed by atoms with Gasteiger partial charge in [0.2, 0.25) is 5.75 Å². The molecule has 0 saturated carbocycles. The first-order chi connectivity index (χ1) is 19.6. The van der Waals surface area contributed by atoms with Crippen molar-refractivity contribution in [2.75, 3.05) is 56.5 Å². The summed E-state index contributed by atoms with van der Waals surface area (Å²) in [6.45, 7) is 5.57. The minimum absolute atomic E-state index is 0.0638. The van der Waals surface area contributed by atoms with Crippen molar-refractivity contribution in [3.63, 3.8) is 0 Å². The van der Waals surface area contributed by atoms with Gasteiger partial charge in [0, 0.05) is 37.4 Å². The summed E-state index contributed by atoms with van der Waals surface area (Å²) in [7, 11) is 0. The van der Waals surface area contributed by atoms with Gasteiger partial charge in [0.1, 0.15) is 18.7 Å². The Bertz CT molecular complexity index is 1460. The first-order valence-corrected chi connectivity index (χ1v) is 13.2. The zero-order valence-electron chi connectivity index (χ0n) is 21.9. The molecule has 1 aromatic heterocycles. The van der Waals surface area contributed by atoms with Crippen LogP contribution < -0.4 is 20.1 Å². The molecule has 216 valence electrons. The summed E-state index contributed by atoms with van der Waals surface area (Å²) in [5, 5.41) is 5.68. The van der Waals surface area contributed by atoms with Crippen molar-refractivity contribution in [3.8, 4) is 17.4 Å². The Morgan fingerprint density at radius 1 is 1.12 bits per heavy atom. The van der Waals surface area contributed by atoms with Gasteiger partial charge >= 0.3 is 6.18 Å². The molecule has 0 spiro atoms. The number of nitrogens with zero attached hydrogens (tertiary/aromatic N) is 4. The fraction of sp³-hybridized carbons (Fsp3) is 0.333. The second-order valence-corrected chi connectivity index (χ2v) is 9.72. The van der Waals surface area contributed by atoms with Gasteiger partial charge < -0.3 is 29.9 Å². The van der Waals surface area contributed by atoms with E-state index >= 15 is 0 Å². The number of amides is 2. The molecule has 2 aliphatic heterocycles. The number of hydrogen-bond acceptors (Lipinski definition) is 8. The van der Waals surface area contributed by atoms with E-state index in [1.54, 1.807) is 0 Å². The number of benzene rings is 2. The Hall–Kier alpha value is -4.10. The molecule has 2 N–H and O–H groups in total. The number of aromatic nitrogens is 2. The largest absolute Gasteiger partial charge is 0.483 e. The summed E-state index contributed by atoms with van der Waals surface area (Å²) in [5.74, 6) is -0.529. The highest BCUT2D eigenvalue weighted by molar-refractivity contribution is 6.32. The molecule has 0 unspecified atom stereocenters. The average molecular weight is 591 g/mol. The van der Waals surface area contributed by atoms with Crippen LogP contribution in [-0.2, 0) is 6.18 Å². The standard InChI is InChI=1S/C27H26ClF3N6O4/c1-2-36-8-10-37(11-9-36)26(39)18-5-4-17(14-19(18)27(29,30)31)35-24(38)16-3-6-20(28)21(13-16)41-25-22-23(33-15-34-25)32-7-12-40-22/h3-6,13-15H,2,7-12H2,1H3,(H,35,38)(H,32,33,34). The Kier molecular flexibility index (Phi) is 8.18. The number of nitrogens with one attached hydrogen (secondary N) is 2. The van der Waals surface area contributed by atoms with E-state index in [9.17, 15) is 22.8 Å². The van der Waals surface area contributed by atoms with Crippen molar-refractivity contribution < 1.29 is 32.2 Å². The summed E-state index contributed by atoms with van der Waals surface area (Å²) >= 11 is 6.27. The first kappa shape index (κ1) is 28.4. The fourth-order valence-corrected chi connectivity index (χ4v) is 4.68. The van der Waals surface area contributed by atoms with Crippen LogP contribution in [0.2, 0.25) is 5.02 Å². The molecular formula is C27H26ClF3N6O4. The number of rotatable bonds is 6. The predicted molar refractivity (Wildman–Crippen MR) is 145 cm³/mol. The molecule has 0 radical (unpaired) electrons. The minimum atomic E-state index is -4.81. The highest BCUT2D eigenvalue weighted by atomic mass is 35.5. The number of ether oxygens (including phenoxy) is 2. The monoisotopic (exact) mass is 590 g/mol. The number of carbonyl (C=O) groups excluding carboxylic acids is 2. The van der Waals surface area contributed by atoms with E-state index in [4.69, 9.17) is 21.1 Å². The van der Waals surface area contributed by atoms with Gasteiger partial charge in [0.15, 0.2) is 5.82 Å². The molecule has 3 heterocycles. The number of alkyl halides is 3. The quantitative estimate of drug-likeness (QED) is 0.422. The molecule has 3 aromatic rings. The highest BCUT2D eigenvalue weighted by Crippen LogP contribution is 2.39. The Morgan fingerprint density at radius 2 is 1.90 bits per heavy atom. The summed E-state index contributed by atoms with van der Waals surface area (Å²) in [5.41, 5.74) is -1.65. The van der Waals surface area contributed by atoms with Crippen LogP contribution >= 0.6 is 11.6 Å². The lowest BCUT2D eigenvalue weighted by Crippen LogP contribution is -2.48. The molecule has 0 aliphatic carbocycles. The molecule has 10 nitrogen and oxygen atoms in total. The summed E-state index contributed by atoms with van der Waals surface area (Å²) in [6, 6.07) is 7.28. The van der Waals surface area contributed by atoms with Crippen molar-refractivity contribution in [1.82, 2.24) is 19.8 Å². The van der Waals surface area contributed by atoms with E-state index in [0.29, 0.717) is 45.1 Å². The maximum absolute atomic E-state index is 14.0. The Morgan fingerprint density at radius 3 is 2.63 bits per heavy atom. The number of fused-ring (bicyclic) bond motifs is 1. The zero-order chi connectivity index (χ0) is 29.1. The van der Waals surface area contributed by atoms with Crippen LogP contribution in [0.25, 0.3) is 0 Å². The zero-order valence-corrected chi connectivity index (χ0v) is 22.7. The molecule has 0 atom stereocenters. The SMILES string of the molecule is CCN1CCN(C(=O)c2ccc(NC(=O)c3ccc(Cl)c(Oc4ncnc5c4OCCN5)c3)cc2C(F)(F)F)CC1. The van der Waals surface area contributed by atoms with Crippen LogP contribution in [-0.4, -0.2) is 77.5 Å². The van der Waals surface area contributed by atoms with E-state index in [1.165, 1.54) is 35.5 Å². The van der Waals surface area contributed by atoms with Gasteiger partial charge in [-0.1, -0.05) is 18.5 Å². The molecule has 41 heavy (non-hydrogen) atoms. The minimum Gasteiger partial charge on any atom is -0.483 e. The first-order valence-electron chi connectivity index (χ1n) is 12.9. The number of hydrogen-bond donors (Lipinski definition) is 2. The molecule has 2 aromatic carbocycles. The molecule has 14 heteroatoms. The third-order valence-corrected chi connectivity index (χ3v) is 7.04. The second kappa shape index (κ2) is 11.8. The van der Waals surface area contributed by atoms with E-state index < -0.39 is 29.1 Å².